The number of nitrogens with zero attached hydrogens (tertiary/aromatic N) is 2. The molecule has 0 bridgehead atoms. The molecule has 0 saturated carbocycles. The first-order valence-corrected chi connectivity index (χ1v) is 10.0. The van der Waals surface area contributed by atoms with Crippen molar-refractivity contribution in [3.63, 3.8) is 0 Å². The van der Waals surface area contributed by atoms with Crippen LogP contribution in [0.3, 0.4) is 0 Å². The molecule has 0 aliphatic carbocycles. The van der Waals surface area contributed by atoms with Gasteiger partial charge in [-0.25, -0.2) is 9.78 Å². The molecule has 3 amide bonds. The molecule has 29 heavy (non-hydrogen) atoms. The topological polar surface area (TPSA) is 90.1 Å². The molecule has 3 N–H and O–H groups in total. The van der Waals surface area contributed by atoms with Crippen molar-refractivity contribution in [1.82, 2.24) is 20.2 Å². The van der Waals surface area contributed by atoms with E-state index in [1.54, 1.807) is 4.90 Å². The first kappa shape index (κ1) is 19.0. The number of nitrogens with one attached hydrogen (secondary N) is 3. The summed E-state index contributed by atoms with van der Waals surface area (Å²) in [4.78, 5) is 34.6. The summed E-state index contributed by atoms with van der Waals surface area (Å²) in [7, 11) is 0. The highest BCUT2D eigenvalue weighted by atomic mass is 16.2. The van der Waals surface area contributed by atoms with Gasteiger partial charge in [0.25, 0.3) is 0 Å². The number of amides is 3. The van der Waals surface area contributed by atoms with Gasteiger partial charge in [-0.05, 0) is 37.1 Å². The second-order valence-corrected chi connectivity index (χ2v) is 7.32. The van der Waals surface area contributed by atoms with Crippen LogP contribution >= 0.6 is 0 Å². The van der Waals surface area contributed by atoms with Gasteiger partial charge in [0, 0.05) is 31.7 Å². The number of anilines is 1. The number of rotatable bonds is 5. The Bertz CT molecular complexity index is 952. The maximum absolute atomic E-state index is 12.6. The molecule has 2 aromatic carbocycles. The van der Waals surface area contributed by atoms with Gasteiger partial charge >= 0.3 is 6.03 Å². The van der Waals surface area contributed by atoms with Crippen molar-refractivity contribution in [3.05, 3.63) is 60.4 Å². The molecule has 3 aromatic rings. The van der Waals surface area contributed by atoms with Crippen LogP contribution in [0.25, 0.3) is 11.0 Å². The smallest absolute Gasteiger partial charge is 0.321 e. The van der Waals surface area contributed by atoms with E-state index in [0.29, 0.717) is 26.1 Å². The van der Waals surface area contributed by atoms with Crippen LogP contribution in [0.4, 0.5) is 10.5 Å². The number of likely N-dealkylation sites (tertiary alicyclic amines) is 1. The minimum absolute atomic E-state index is 0.00155. The molecule has 4 rings (SSSR count). The molecule has 1 fully saturated rings. The molecule has 7 nitrogen and oxygen atoms in total. The summed E-state index contributed by atoms with van der Waals surface area (Å²) in [5.74, 6) is 0.679. The van der Waals surface area contributed by atoms with Gasteiger partial charge in [-0.1, -0.05) is 30.3 Å². The van der Waals surface area contributed by atoms with Crippen molar-refractivity contribution < 1.29 is 9.59 Å². The highest BCUT2D eigenvalue weighted by molar-refractivity contribution is 5.90. The fourth-order valence-electron chi connectivity index (χ4n) is 3.67. The number of imidazole rings is 1. The number of fused-ring (bicyclic) bond motifs is 1. The van der Waals surface area contributed by atoms with E-state index in [4.69, 9.17) is 0 Å². The number of H-pyrrole nitrogens is 1. The number of aromatic nitrogens is 2. The van der Waals surface area contributed by atoms with Crippen LogP contribution < -0.4 is 10.6 Å². The van der Waals surface area contributed by atoms with Crippen molar-refractivity contribution in [2.24, 2.45) is 5.92 Å². The maximum atomic E-state index is 12.6. The first-order valence-electron chi connectivity index (χ1n) is 10.0. The predicted octanol–water partition coefficient (Wildman–Crippen LogP) is 3.17. The average molecular weight is 391 g/mol. The fourth-order valence-corrected chi connectivity index (χ4v) is 3.67. The lowest BCUT2D eigenvalue weighted by Gasteiger charge is -2.32. The Morgan fingerprint density at radius 3 is 2.72 bits per heavy atom. The zero-order chi connectivity index (χ0) is 20.1. The molecule has 0 spiro atoms. The lowest BCUT2D eigenvalue weighted by molar-refractivity contribution is -0.126. The molecule has 1 aliphatic heterocycles. The van der Waals surface area contributed by atoms with E-state index in [1.807, 2.05) is 54.6 Å². The molecular formula is C22H25N5O2. The molecule has 1 aromatic heterocycles. The normalized spacial score (nSPS) is 16.6. The van der Waals surface area contributed by atoms with Gasteiger partial charge in [0.1, 0.15) is 5.82 Å². The van der Waals surface area contributed by atoms with E-state index in [0.717, 1.165) is 35.4 Å². The summed E-state index contributed by atoms with van der Waals surface area (Å²) < 4.78 is 0. The van der Waals surface area contributed by atoms with Gasteiger partial charge < -0.3 is 20.5 Å². The van der Waals surface area contributed by atoms with E-state index in [2.05, 4.69) is 20.6 Å². The third-order valence-electron chi connectivity index (χ3n) is 5.20. The summed E-state index contributed by atoms with van der Waals surface area (Å²) in [5.41, 5.74) is 2.69. The second-order valence-electron chi connectivity index (χ2n) is 7.32. The van der Waals surface area contributed by atoms with Crippen LogP contribution in [0.2, 0.25) is 0 Å². The minimum Gasteiger partial charge on any atom is -0.355 e. The third-order valence-corrected chi connectivity index (χ3v) is 5.20. The average Bonchev–Trinajstić information content (AvgIpc) is 3.17. The summed E-state index contributed by atoms with van der Waals surface area (Å²) in [5, 5.41) is 5.89. The van der Waals surface area contributed by atoms with Gasteiger partial charge in [0.2, 0.25) is 5.91 Å². The van der Waals surface area contributed by atoms with Crippen LogP contribution in [0, 0.1) is 5.92 Å². The standard InChI is InChI=1S/C22H25N5O2/c28-21(23-13-12-20-25-18-10-4-5-11-19(18)26-20)16-7-6-14-27(15-16)22(29)24-17-8-2-1-3-9-17/h1-5,8-11,16H,6-7,12-15H2,(H,23,28)(H,24,29)(H,25,26). The van der Waals surface area contributed by atoms with Gasteiger partial charge in [-0.15, -0.1) is 0 Å². The quantitative estimate of drug-likeness (QED) is 0.624. The van der Waals surface area contributed by atoms with Gasteiger partial charge in [0.15, 0.2) is 0 Å². The van der Waals surface area contributed by atoms with E-state index in [-0.39, 0.29) is 17.9 Å². The number of carbonyl (C=O) groups excluding carboxylic acids is 2. The lowest BCUT2D eigenvalue weighted by atomic mass is 9.97. The summed E-state index contributed by atoms with van der Waals surface area (Å²) >= 11 is 0. The number of para-hydroxylation sites is 3. The van der Waals surface area contributed by atoms with Crippen LogP contribution in [0.1, 0.15) is 18.7 Å². The number of piperidine rings is 1. The van der Waals surface area contributed by atoms with Crippen LogP contribution in [0.5, 0.6) is 0 Å². The Kier molecular flexibility index (Phi) is 5.74. The summed E-state index contributed by atoms with van der Waals surface area (Å²) in [6, 6.07) is 17.1. The number of urea groups is 1. The molecular weight excluding hydrogens is 366 g/mol. The lowest BCUT2D eigenvalue weighted by Crippen LogP contribution is -2.47. The van der Waals surface area contributed by atoms with E-state index >= 15 is 0 Å². The Hall–Kier alpha value is -3.35. The first-order chi connectivity index (χ1) is 14.2. The molecule has 2 heterocycles. The number of hydrogen-bond donors (Lipinski definition) is 3. The van der Waals surface area contributed by atoms with Crippen molar-refractivity contribution in [2.75, 3.05) is 25.0 Å². The van der Waals surface area contributed by atoms with E-state index < -0.39 is 0 Å². The van der Waals surface area contributed by atoms with Gasteiger partial charge in [-0.2, -0.15) is 0 Å². The zero-order valence-electron chi connectivity index (χ0n) is 16.2. The second kappa shape index (κ2) is 8.77. The molecule has 150 valence electrons. The monoisotopic (exact) mass is 391 g/mol. The zero-order valence-corrected chi connectivity index (χ0v) is 16.2. The largest absolute Gasteiger partial charge is 0.355 e. The number of benzene rings is 2. The molecule has 1 atom stereocenters. The fraction of sp³-hybridized carbons (Fsp3) is 0.318. The molecule has 1 unspecified atom stereocenters. The number of carbonyl (C=O) groups is 2. The number of aromatic amines is 1. The van der Waals surface area contributed by atoms with E-state index in [1.165, 1.54) is 0 Å². The van der Waals surface area contributed by atoms with Crippen LogP contribution in [-0.4, -0.2) is 46.4 Å². The highest BCUT2D eigenvalue weighted by Crippen LogP contribution is 2.18. The van der Waals surface area contributed by atoms with Gasteiger partial charge in [0.05, 0.1) is 17.0 Å². The molecule has 7 heteroatoms. The van der Waals surface area contributed by atoms with E-state index in [9.17, 15) is 9.59 Å². The Morgan fingerprint density at radius 1 is 1.10 bits per heavy atom. The Labute approximate surface area is 169 Å². The van der Waals surface area contributed by atoms with Crippen LogP contribution in [0.15, 0.2) is 54.6 Å². The molecule has 0 radical (unpaired) electrons. The number of hydrogen-bond acceptors (Lipinski definition) is 3. The van der Waals surface area contributed by atoms with Gasteiger partial charge in [-0.3, -0.25) is 4.79 Å². The summed E-state index contributed by atoms with van der Waals surface area (Å²) in [6.45, 7) is 1.63. The predicted molar refractivity (Wildman–Crippen MR) is 113 cm³/mol. The molecule has 1 aliphatic rings. The van der Waals surface area contributed by atoms with Crippen molar-refractivity contribution in [2.45, 2.75) is 19.3 Å². The maximum Gasteiger partial charge on any atom is 0.321 e. The summed E-state index contributed by atoms with van der Waals surface area (Å²) in [6.07, 6.45) is 2.26. The molecule has 1 saturated heterocycles. The van der Waals surface area contributed by atoms with Crippen molar-refractivity contribution >= 4 is 28.7 Å². The van der Waals surface area contributed by atoms with Crippen molar-refractivity contribution in [3.8, 4) is 0 Å². The Balaban J connectivity index is 1.26. The Morgan fingerprint density at radius 2 is 1.90 bits per heavy atom. The minimum atomic E-state index is -0.180. The highest BCUT2D eigenvalue weighted by Gasteiger charge is 2.28. The van der Waals surface area contributed by atoms with Crippen molar-refractivity contribution in [1.29, 1.82) is 0 Å². The SMILES string of the molecule is O=C(NCCc1nc2ccccc2[nH]1)C1CCCN(C(=O)Nc2ccccc2)C1. The van der Waals surface area contributed by atoms with Crippen LogP contribution in [-0.2, 0) is 11.2 Å². The third kappa shape index (κ3) is 4.74.